The SMILES string of the molecule is C=C1CCC(N2C(=O)c3cccc(NCCOCCNC(=O)CCc4ccc5c(c4)[nH]c4ccncc45)c3C2=O)C(=O)N1. The molecule has 220 valence electrons. The minimum Gasteiger partial charge on any atom is -0.382 e. The van der Waals surface area contributed by atoms with Gasteiger partial charge >= 0.3 is 0 Å². The Kier molecular flexibility index (Phi) is 7.89. The summed E-state index contributed by atoms with van der Waals surface area (Å²) in [6.45, 7) is 5.19. The molecule has 0 radical (unpaired) electrons. The maximum Gasteiger partial charge on any atom is 0.264 e. The molecule has 0 aliphatic carbocycles. The summed E-state index contributed by atoms with van der Waals surface area (Å²) in [5.74, 6) is -1.41. The first-order chi connectivity index (χ1) is 20.9. The van der Waals surface area contributed by atoms with Crippen LogP contribution in [0, 0.1) is 0 Å². The predicted molar refractivity (Wildman–Crippen MR) is 161 cm³/mol. The van der Waals surface area contributed by atoms with Crippen LogP contribution in [0.1, 0.15) is 45.5 Å². The van der Waals surface area contributed by atoms with Crippen LogP contribution in [-0.4, -0.2) is 70.8 Å². The normalized spacial score (nSPS) is 16.6. The Hall–Kier alpha value is -5.03. The number of nitrogens with one attached hydrogen (secondary N) is 4. The highest BCUT2D eigenvalue weighted by Crippen LogP contribution is 2.33. The Morgan fingerprint density at radius 2 is 1.91 bits per heavy atom. The molecular formula is C32H32N6O5. The van der Waals surface area contributed by atoms with Gasteiger partial charge in [0.25, 0.3) is 11.8 Å². The standard InChI is InChI=1S/C32H32N6O5/c1-19-5-9-27(30(40)36-19)38-31(41)22-3-2-4-25(29(22)32(38)42)34-13-15-43-16-14-35-28(39)10-7-20-6-8-21-23-18-33-12-11-24(23)37-26(21)17-20/h2-4,6,8,11-12,17-18,27,34,37H,1,5,7,9-10,13-16H2,(H,35,39)(H,36,40). The van der Waals surface area contributed by atoms with E-state index in [-0.39, 0.29) is 17.0 Å². The lowest BCUT2D eigenvalue weighted by Gasteiger charge is -2.29. The van der Waals surface area contributed by atoms with Crippen molar-refractivity contribution < 1.29 is 23.9 Å². The van der Waals surface area contributed by atoms with Crippen LogP contribution < -0.4 is 16.0 Å². The van der Waals surface area contributed by atoms with E-state index in [9.17, 15) is 19.2 Å². The highest BCUT2D eigenvalue weighted by atomic mass is 16.5. The number of hydrogen-bond donors (Lipinski definition) is 4. The molecule has 1 saturated heterocycles. The average molecular weight is 581 g/mol. The molecule has 1 fully saturated rings. The molecule has 4 aromatic rings. The molecule has 4 heterocycles. The summed E-state index contributed by atoms with van der Waals surface area (Å²) in [5.41, 5.74) is 4.77. The van der Waals surface area contributed by atoms with Gasteiger partial charge in [-0.25, -0.2) is 0 Å². The number of fused-ring (bicyclic) bond motifs is 4. The second-order valence-electron chi connectivity index (χ2n) is 10.7. The lowest BCUT2D eigenvalue weighted by molar-refractivity contribution is -0.125. The Morgan fingerprint density at radius 1 is 1.05 bits per heavy atom. The first-order valence-electron chi connectivity index (χ1n) is 14.3. The second kappa shape index (κ2) is 12.1. The lowest BCUT2D eigenvalue weighted by Crippen LogP contribution is -2.51. The van der Waals surface area contributed by atoms with Crippen molar-refractivity contribution in [1.82, 2.24) is 25.5 Å². The number of aromatic amines is 1. The van der Waals surface area contributed by atoms with Gasteiger partial charge in [-0.2, -0.15) is 0 Å². The van der Waals surface area contributed by atoms with Gasteiger partial charge in [0, 0.05) is 65.1 Å². The maximum absolute atomic E-state index is 13.2. The fourth-order valence-electron chi connectivity index (χ4n) is 5.66. The number of imide groups is 1. The van der Waals surface area contributed by atoms with E-state index in [2.05, 4.69) is 44.6 Å². The van der Waals surface area contributed by atoms with E-state index in [1.807, 2.05) is 18.3 Å². The van der Waals surface area contributed by atoms with Gasteiger partial charge in [-0.05, 0) is 49.1 Å². The molecule has 2 aromatic heterocycles. The van der Waals surface area contributed by atoms with Crippen LogP contribution in [0.15, 0.2) is 67.1 Å². The van der Waals surface area contributed by atoms with E-state index < -0.39 is 23.8 Å². The van der Waals surface area contributed by atoms with Crippen molar-refractivity contribution in [3.63, 3.8) is 0 Å². The molecule has 1 atom stereocenters. The summed E-state index contributed by atoms with van der Waals surface area (Å²) < 4.78 is 5.64. The number of allylic oxidation sites excluding steroid dienone is 1. The molecular weight excluding hydrogens is 548 g/mol. The number of aromatic nitrogens is 2. The number of pyridine rings is 1. The first-order valence-corrected chi connectivity index (χ1v) is 14.3. The van der Waals surface area contributed by atoms with E-state index in [1.165, 1.54) is 0 Å². The van der Waals surface area contributed by atoms with Crippen molar-refractivity contribution in [2.75, 3.05) is 31.6 Å². The summed E-state index contributed by atoms with van der Waals surface area (Å²) in [4.78, 5) is 59.7. The monoisotopic (exact) mass is 580 g/mol. The number of benzene rings is 2. The van der Waals surface area contributed by atoms with Gasteiger partial charge in [-0.1, -0.05) is 24.8 Å². The molecule has 2 aliphatic heterocycles. The van der Waals surface area contributed by atoms with E-state index in [1.54, 1.807) is 24.4 Å². The number of carbonyl (C=O) groups is 4. The molecule has 0 spiro atoms. The number of hydrogen-bond acceptors (Lipinski definition) is 7. The van der Waals surface area contributed by atoms with Gasteiger partial charge < -0.3 is 25.7 Å². The van der Waals surface area contributed by atoms with Gasteiger partial charge in [-0.15, -0.1) is 0 Å². The Bertz CT molecular complexity index is 1760. The average Bonchev–Trinajstić information content (AvgIpc) is 3.50. The van der Waals surface area contributed by atoms with E-state index in [4.69, 9.17) is 4.74 Å². The van der Waals surface area contributed by atoms with E-state index >= 15 is 0 Å². The minimum absolute atomic E-state index is 0.0498. The number of aryl methyl sites for hydroxylation is 1. The summed E-state index contributed by atoms with van der Waals surface area (Å²) in [6, 6.07) is 12.3. The maximum atomic E-state index is 13.2. The van der Waals surface area contributed by atoms with Crippen molar-refractivity contribution >= 4 is 51.1 Å². The molecule has 2 aromatic carbocycles. The molecule has 6 rings (SSSR count). The second-order valence-corrected chi connectivity index (χ2v) is 10.7. The van der Waals surface area contributed by atoms with Crippen molar-refractivity contribution in [3.05, 3.63) is 83.8 Å². The molecule has 2 aliphatic rings. The summed E-state index contributed by atoms with van der Waals surface area (Å²) in [5, 5.41) is 10.9. The molecule has 0 bridgehead atoms. The highest BCUT2D eigenvalue weighted by molar-refractivity contribution is 6.25. The zero-order valence-corrected chi connectivity index (χ0v) is 23.6. The third-order valence-electron chi connectivity index (χ3n) is 7.82. The highest BCUT2D eigenvalue weighted by Gasteiger charge is 2.45. The van der Waals surface area contributed by atoms with Gasteiger partial charge in [0.1, 0.15) is 6.04 Å². The lowest BCUT2D eigenvalue weighted by atomic mass is 10.0. The zero-order chi connectivity index (χ0) is 29.9. The number of ether oxygens (including phenoxy) is 1. The van der Waals surface area contributed by atoms with Crippen molar-refractivity contribution in [2.24, 2.45) is 0 Å². The van der Waals surface area contributed by atoms with Gasteiger partial charge in [0.05, 0.1) is 24.3 Å². The van der Waals surface area contributed by atoms with Crippen molar-refractivity contribution in [1.29, 1.82) is 0 Å². The summed E-state index contributed by atoms with van der Waals surface area (Å²) in [6.07, 6.45) is 5.46. The van der Waals surface area contributed by atoms with Crippen LogP contribution in [0.4, 0.5) is 5.69 Å². The number of rotatable bonds is 11. The Balaban J connectivity index is 0.922. The Labute approximate surface area is 247 Å². The van der Waals surface area contributed by atoms with Gasteiger partial charge in [-0.3, -0.25) is 29.1 Å². The third-order valence-corrected chi connectivity index (χ3v) is 7.82. The van der Waals surface area contributed by atoms with Crippen molar-refractivity contribution in [3.8, 4) is 0 Å². The first kappa shape index (κ1) is 28.1. The van der Waals surface area contributed by atoms with E-state index in [0.717, 1.165) is 32.3 Å². The molecule has 43 heavy (non-hydrogen) atoms. The van der Waals surface area contributed by atoms with Crippen LogP contribution in [0.3, 0.4) is 0 Å². The van der Waals surface area contributed by atoms with Gasteiger partial charge in [0.15, 0.2) is 0 Å². The smallest absolute Gasteiger partial charge is 0.264 e. The number of piperidine rings is 1. The molecule has 11 nitrogen and oxygen atoms in total. The predicted octanol–water partition coefficient (Wildman–Crippen LogP) is 3.28. The molecule has 4 amide bonds. The largest absolute Gasteiger partial charge is 0.382 e. The van der Waals surface area contributed by atoms with E-state index in [0.29, 0.717) is 63.4 Å². The molecule has 0 saturated carbocycles. The van der Waals surface area contributed by atoms with Crippen LogP contribution in [-0.2, 0) is 20.7 Å². The van der Waals surface area contributed by atoms with Gasteiger partial charge in [0.2, 0.25) is 11.8 Å². The Morgan fingerprint density at radius 3 is 2.77 bits per heavy atom. The molecule has 4 N–H and O–H groups in total. The zero-order valence-electron chi connectivity index (χ0n) is 23.6. The van der Waals surface area contributed by atoms with Crippen LogP contribution >= 0.6 is 0 Å². The summed E-state index contributed by atoms with van der Waals surface area (Å²) >= 11 is 0. The van der Waals surface area contributed by atoms with Crippen LogP contribution in [0.2, 0.25) is 0 Å². The van der Waals surface area contributed by atoms with Crippen LogP contribution in [0.25, 0.3) is 21.8 Å². The number of amides is 4. The number of H-pyrrole nitrogens is 1. The fourth-order valence-corrected chi connectivity index (χ4v) is 5.66. The third kappa shape index (κ3) is 5.71. The number of anilines is 1. The van der Waals surface area contributed by atoms with Crippen LogP contribution in [0.5, 0.6) is 0 Å². The fraction of sp³-hybridized carbons (Fsp3) is 0.281. The topological polar surface area (TPSA) is 146 Å². The quantitative estimate of drug-likeness (QED) is 0.157. The molecule has 11 heteroatoms. The summed E-state index contributed by atoms with van der Waals surface area (Å²) in [7, 11) is 0. The number of carbonyl (C=O) groups excluding carboxylic acids is 4. The molecule has 1 unspecified atom stereocenters. The minimum atomic E-state index is -0.856. The number of nitrogens with zero attached hydrogens (tertiary/aromatic N) is 2. The van der Waals surface area contributed by atoms with Crippen molar-refractivity contribution in [2.45, 2.75) is 31.7 Å².